The number of hydrogen-bond acceptors (Lipinski definition) is 0. The predicted molar refractivity (Wildman–Crippen MR) is 107 cm³/mol. The van der Waals surface area contributed by atoms with E-state index >= 15 is 0 Å². The predicted octanol–water partition coefficient (Wildman–Crippen LogP) is 7.51. The number of hydrogen-bond donors (Lipinski definition) is 0. The van der Waals surface area contributed by atoms with Crippen LogP contribution in [0.3, 0.4) is 0 Å². The van der Waals surface area contributed by atoms with Crippen LogP contribution in [0.1, 0.15) is 89.2 Å². The first-order chi connectivity index (χ1) is 11.8. The maximum absolute atomic E-state index is 2.45. The first-order valence-corrected chi connectivity index (χ1v) is 10.5. The second-order valence-electron chi connectivity index (χ2n) is 7.86. The number of rotatable bonds is 10. The van der Waals surface area contributed by atoms with Crippen LogP contribution in [0.5, 0.6) is 0 Å². The van der Waals surface area contributed by atoms with Gasteiger partial charge in [-0.15, -0.1) is 0 Å². The highest BCUT2D eigenvalue weighted by Gasteiger charge is 2.19. The van der Waals surface area contributed by atoms with E-state index in [1.165, 1.54) is 81.8 Å². The molecule has 134 valence electrons. The van der Waals surface area contributed by atoms with Gasteiger partial charge in [0.2, 0.25) is 0 Å². The maximum Gasteiger partial charge on any atom is -0.00975 e. The molecule has 0 amide bonds. The summed E-state index contributed by atoms with van der Waals surface area (Å²) in [5, 5.41) is 0. The van der Waals surface area contributed by atoms with Gasteiger partial charge in [-0.2, -0.15) is 0 Å². The van der Waals surface area contributed by atoms with Crippen LogP contribution in [0.25, 0.3) is 0 Å². The molecule has 24 heavy (non-hydrogen) atoms. The second kappa shape index (κ2) is 11.5. The molecule has 0 nitrogen and oxygen atoms in total. The Labute approximate surface area is 150 Å². The molecule has 2 rings (SSSR count). The topological polar surface area (TPSA) is 0 Å². The van der Waals surface area contributed by atoms with Crippen LogP contribution < -0.4 is 0 Å². The molecule has 0 aromatic heterocycles. The van der Waals surface area contributed by atoms with Gasteiger partial charge in [-0.3, -0.25) is 0 Å². The molecule has 1 fully saturated rings. The Morgan fingerprint density at radius 1 is 0.792 bits per heavy atom. The van der Waals surface area contributed by atoms with Crippen molar-refractivity contribution in [3.05, 3.63) is 47.5 Å². The van der Waals surface area contributed by atoms with Gasteiger partial charge in [-0.25, -0.2) is 0 Å². The van der Waals surface area contributed by atoms with Crippen LogP contribution in [0.4, 0.5) is 0 Å². The lowest BCUT2D eigenvalue weighted by Gasteiger charge is -2.27. The summed E-state index contributed by atoms with van der Waals surface area (Å²) in [7, 11) is 0. The summed E-state index contributed by atoms with van der Waals surface area (Å²) in [6, 6.07) is 9.20. The molecule has 1 aliphatic carbocycles. The van der Waals surface area contributed by atoms with Gasteiger partial charge in [0.15, 0.2) is 0 Å². The first-order valence-electron chi connectivity index (χ1n) is 10.5. The molecule has 0 spiro atoms. The smallest absolute Gasteiger partial charge is 0.00975 e. The van der Waals surface area contributed by atoms with Gasteiger partial charge in [0, 0.05) is 0 Å². The quantitative estimate of drug-likeness (QED) is 0.308. The molecule has 0 radical (unpaired) electrons. The van der Waals surface area contributed by atoms with Crippen molar-refractivity contribution in [2.75, 3.05) is 0 Å². The Morgan fingerprint density at radius 2 is 1.46 bits per heavy atom. The Morgan fingerprint density at radius 3 is 2.12 bits per heavy atom. The highest BCUT2D eigenvalue weighted by atomic mass is 14.2. The summed E-state index contributed by atoms with van der Waals surface area (Å²) >= 11 is 0. The number of unbranched alkanes of at least 4 members (excludes halogenated alkanes) is 2. The molecule has 1 aliphatic rings. The van der Waals surface area contributed by atoms with Gasteiger partial charge >= 0.3 is 0 Å². The Balaban J connectivity index is 1.61. The monoisotopic (exact) mass is 326 g/mol. The van der Waals surface area contributed by atoms with Gasteiger partial charge in [-0.05, 0) is 55.1 Å². The van der Waals surface area contributed by atoms with E-state index < -0.39 is 0 Å². The van der Waals surface area contributed by atoms with Crippen molar-refractivity contribution in [3.63, 3.8) is 0 Å². The van der Waals surface area contributed by atoms with Crippen LogP contribution >= 0.6 is 0 Å². The minimum Gasteiger partial charge on any atom is -0.0879 e. The molecule has 0 atom stereocenters. The largest absolute Gasteiger partial charge is 0.0879 e. The number of aryl methyl sites for hydroxylation is 1. The molecule has 1 saturated carbocycles. The Kier molecular flexibility index (Phi) is 9.24. The fourth-order valence-corrected chi connectivity index (χ4v) is 4.08. The van der Waals surface area contributed by atoms with E-state index in [1.807, 2.05) is 0 Å². The minimum atomic E-state index is 0.954. The Bertz CT molecular complexity index is 445. The fraction of sp³-hybridized carbons (Fsp3) is 0.667. The van der Waals surface area contributed by atoms with Crippen LogP contribution in [0.15, 0.2) is 36.4 Å². The van der Waals surface area contributed by atoms with Crippen LogP contribution in [0, 0.1) is 11.8 Å². The molecule has 0 N–H and O–H groups in total. The van der Waals surface area contributed by atoms with Crippen molar-refractivity contribution in [1.82, 2.24) is 0 Å². The van der Waals surface area contributed by atoms with Crippen molar-refractivity contribution in [2.45, 2.75) is 90.9 Å². The summed E-state index contributed by atoms with van der Waals surface area (Å²) in [5.74, 6) is 1.99. The molecule has 1 aromatic carbocycles. The zero-order valence-corrected chi connectivity index (χ0v) is 16.1. The minimum absolute atomic E-state index is 0.954. The zero-order valence-electron chi connectivity index (χ0n) is 16.1. The summed E-state index contributed by atoms with van der Waals surface area (Å²) < 4.78 is 0. The van der Waals surface area contributed by atoms with E-state index in [2.05, 4.69) is 50.3 Å². The highest BCUT2D eigenvalue weighted by Crippen LogP contribution is 2.33. The fourth-order valence-electron chi connectivity index (χ4n) is 4.08. The van der Waals surface area contributed by atoms with Gasteiger partial charge in [0.1, 0.15) is 0 Å². The molecule has 0 aliphatic heterocycles. The van der Waals surface area contributed by atoms with Crippen molar-refractivity contribution >= 4 is 0 Å². The lowest BCUT2D eigenvalue weighted by atomic mass is 9.78. The van der Waals surface area contributed by atoms with Crippen LogP contribution in [-0.2, 0) is 12.8 Å². The highest BCUT2D eigenvalue weighted by molar-refractivity contribution is 5.24. The zero-order chi connectivity index (χ0) is 17.0. The average Bonchev–Trinajstić information content (AvgIpc) is 2.62. The molecule has 0 saturated heterocycles. The van der Waals surface area contributed by atoms with E-state index in [1.54, 1.807) is 0 Å². The maximum atomic E-state index is 2.45. The van der Waals surface area contributed by atoms with E-state index in [0.717, 1.165) is 18.3 Å². The van der Waals surface area contributed by atoms with Crippen LogP contribution in [-0.4, -0.2) is 0 Å². The first kappa shape index (κ1) is 19.3. The molecule has 0 heterocycles. The van der Waals surface area contributed by atoms with Gasteiger partial charge < -0.3 is 0 Å². The van der Waals surface area contributed by atoms with E-state index in [9.17, 15) is 0 Å². The number of allylic oxidation sites excluding steroid dienone is 2. The Hall–Kier alpha value is -1.04. The summed E-state index contributed by atoms with van der Waals surface area (Å²) in [5.41, 5.74) is 2.92. The third-order valence-corrected chi connectivity index (χ3v) is 5.73. The third-order valence-electron chi connectivity index (χ3n) is 5.73. The molecular formula is C24H38. The van der Waals surface area contributed by atoms with Crippen molar-refractivity contribution in [2.24, 2.45) is 11.8 Å². The van der Waals surface area contributed by atoms with Gasteiger partial charge in [-0.1, -0.05) is 95.2 Å². The van der Waals surface area contributed by atoms with Crippen molar-refractivity contribution in [1.29, 1.82) is 0 Å². The molecule has 1 aromatic rings. The van der Waals surface area contributed by atoms with Gasteiger partial charge in [0.25, 0.3) is 0 Å². The molecule has 0 bridgehead atoms. The third kappa shape index (κ3) is 7.24. The van der Waals surface area contributed by atoms with E-state index in [0.29, 0.717) is 0 Å². The lowest BCUT2D eigenvalue weighted by Crippen LogP contribution is -2.14. The summed E-state index contributed by atoms with van der Waals surface area (Å²) in [4.78, 5) is 0. The molecular weight excluding hydrogens is 288 g/mol. The molecule has 0 unspecified atom stereocenters. The van der Waals surface area contributed by atoms with E-state index in [4.69, 9.17) is 0 Å². The average molecular weight is 327 g/mol. The normalized spacial score (nSPS) is 21.4. The summed E-state index contributed by atoms with van der Waals surface area (Å²) in [6.45, 7) is 4.55. The standard InChI is InChI=1S/C24H38/c1-3-5-6-10-22-17-19-24(20-18-22)12-8-7-11-23-15-13-21(9-4-2)14-16-23/h7-8,13-16,22,24H,3-6,9-12,17-20H2,1-2H3/b8-7-. The second-order valence-corrected chi connectivity index (χ2v) is 7.86. The van der Waals surface area contributed by atoms with Crippen molar-refractivity contribution < 1.29 is 0 Å². The van der Waals surface area contributed by atoms with Crippen molar-refractivity contribution in [3.8, 4) is 0 Å². The summed E-state index contributed by atoms with van der Waals surface area (Å²) in [6.07, 6.45) is 21.3. The SMILES string of the molecule is CCCCCC1CCC(C/C=C\Cc2ccc(CCC)cc2)CC1. The number of benzene rings is 1. The molecule has 0 heteroatoms. The van der Waals surface area contributed by atoms with E-state index in [-0.39, 0.29) is 0 Å². The van der Waals surface area contributed by atoms with Crippen LogP contribution in [0.2, 0.25) is 0 Å². The van der Waals surface area contributed by atoms with Gasteiger partial charge in [0.05, 0.1) is 0 Å². The lowest BCUT2D eigenvalue weighted by molar-refractivity contribution is 0.260.